The van der Waals surface area contributed by atoms with Crippen LogP contribution in [0.5, 0.6) is 0 Å². The maximum atomic E-state index is 5.75. The number of hydrogen-bond acceptors (Lipinski definition) is 6. The van der Waals surface area contributed by atoms with Gasteiger partial charge in [0.25, 0.3) is 0 Å². The lowest BCUT2D eigenvalue weighted by atomic mass is 10.1. The van der Waals surface area contributed by atoms with Crippen molar-refractivity contribution in [2.45, 2.75) is 44.6 Å². The summed E-state index contributed by atoms with van der Waals surface area (Å²) in [7, 11) is 0. The average molecular weight is 329 g/mol. The third-order valence-corrected chi connectivity index (χ3v) is 4.43. The van der Waals surface area contributed by atoms with E-state index >= 15 is 0 Å². The van der Waals surface area contributed by atoms with Crippen molar-refractivity contribution in [3.8, 4) is 11.5 Å². The third-order valence-electron chi connectivity index (χ3n) is 3.48. The number of hydrogen-bond donors (Lipinski definition) is 0. The van der Waals surface area contributed by atoms with Gasteiger partial charge in [-0.15, -0.1) is 20.4 Å². The summed E-state index contributed by atoms with van der Waals surface area (Å²) in [5, 5.41) is 17.6. The summed E-state index contributed by atoms with van der Waals surface area (Å²) in [6.45, 7) is 7.07. The number of nitrogens with zero attached hydrogens (tertiary/aromatic N) is 5. The molecule has 3 rings (SSSR count). The molecule has 0 aliphatic carbocycles. The Morgan fingerprint density at radius 2 is 2.00 bits per heavy atom. The molecule has 0 aliphatic rings. The van der Waals surface area contributed by atoms with Crippen LogP contribution in [0.2, 0.25) is 0 Å². The molecule has 0 saturated carbocycles. The van der Waals surface area contributed by atoms with Gasteiger partial charge in [0, 0.05) is 18.5 Å². The highest BCUT2D eigenvalue weighted by Crippen LogP contribution is 2.24. The Labute approximate surface area is 139 Å². The summed E-state index contributed by atoms with van der Waals surface area (Å²) in [6, 6.07) is 8.03. The fraction of sp³-hybridized carbons (Fsp3) is 0.375. The highest BCUT2D eigenvalue weighted by atomic mass is 32.2. The van der Waals surface area contributed by atoms with E-state index in [-0.39, 0.29) is 0 Å². The molecule has 23 heavy (non-hydrogen) atoms. The monoisotopic (exact) mass is 329 g/mol. The SMILES string of the molecule is CCc1nnc(SCc2nnc(-c3cccc(C)c3)o2)n1CC. The molecule has 120 valence electrons. The van der Waals surface area contributed by atoms with Crippen LogP contribution in [0.4, 0.5) is 0 Å². The first-order chi connectivity index (χ1) is 11.2. The molecule has 0 radical (unpaired) electrons. The summed E-state index contributed by atoms with van der Waals surface area (Å²) in [6.07, 6.45) is 0.874. The van der Waals surface area contributed by atoms with Crippen LogP contribution in [0.25, 0.3) is 11.5 Å². The molecular weight excluding hydrogens is 310 g/mol. The minimum Gasteiger partial charge on any atom is -0.420 e. The van der Waals surface area contributed by atoms with Crippen molar-refractivity contribution in [1.82, 2.24) is 25.0 Å². The second-order valence-electron chi connectivity index (χ2n) is 5.16. The van der Waals surface area contributed by atoms with Crippen molar-refractivity contribution < 1.29 is 4.42 Å². The zero-order chi connectivity index (χ0) is 16.2. The van der Waals surface area contributed by atoms with Crippen molar-refractivity contribution in [3.05, 3.63) is 41.5 Å². The molecule has 0 aliphatic heterocycles. The van der Waals surface area contributed by atoms with Gasteiger partial charge < -0.3 is 8.98 Å². The molecule has 3 aromatic rings. The first-order valence-corrected chi connectivity index (χ1v) is 8.64. The van der Waals surface area contributed by atoms with Crippen molar-refractivity contribution in [3.63, 3.8) is 0 Å². The van der Waals surface area contributed by atoms with Crippen molar-refractivity contribution in [1.29, 1.82) is 0 Å². The molecule has 0 spiro atoms. The first kappa shape index (κ1) is 15.7. The van der Waals surface area contributed by atoms with Crippen LogP contribution in [0.1, 0.15) is 31.1 Å². The predicted molar refractivity (Wildman–Crippen MR) is 89.1 cm³/mol. The molecule has 0 fully saturated rings. The fourth-order valence-corrected chi connectivity index (χ4v) is 3.20. The van der Waals surface area contributed by atoms with Gasteiger partial charge in [-0.1, -0.05) is 36.4 Å². The summed E-state index contributed by atoms with van der Waals surface area (Å²) in [5.41, 5.74) is 2.11. The smallest absolute Gasteiger partial charge is 0.247 e. The molecule has 0 atom stereocenters. The predicted octanol–water partition coefficient (Wildman–Crippen LogP) is 3.51. The van der Waals surface area contributed by atoms with Crippen molar-refractivity contribution >= 4 is 11.8 Å². The number of aromatic nitrogens is 5. The quantitative estimate of drug-likeness (QED) is 0.645. The molecule has 1 aromatic carbocycles. The number of benzene rings is 1. The maximum Gasteiger partial charge on any atom is 0.247 e. The average Bonchev–Trinajstić information content (AvgIpc) is 3.19. The Hall–Kier alpha value is -2.15. The van der Waals surface area contributed by atoms with Crippen LogP contribution in [-0.4, -0.2) is 25.0 Å². The number of rotatable bonds is 6. The number of aryl methyl sites for hydroxylation is 2. The topological polar surface area (TPSA) is 69.6 Å². The molecule has 0 unspecified atom stereocenters. The van der Waals surface area contributed by atoms with Gasteiger partial charge in [-0.05, 0) is 26.0 Å². The molecule has 7 heteroatoms. The Balaban J connectivity index is 1.71. The molecule has 6 nitrogen and oxygen atoms in total. The third kappa shape index (κ3) is 3.44. The summed E-state index contributed by atoms with van der Waals surface area (Å²) in [4.78, 5) is 0. The molecule has 0 N–H and O–H groups in total. The van der Waals surface area contributed by atoms with Gasteiger partial charge in [0.1, 0.15) is 5.82 Å². The van der Waals surface area contributed by atoms with Crippen LogP contribution in [0.15, 0.2) is 33.8 Å². The Morgan fingerprint density at radius 3 is 2.74 bits per heavy atom. The molecule has 0 amide bonds. The summed E-state index contributed by atoms with van der Waals surface area (Å²) < 4.78 is 7.87. The molecule has 2 heterocycles. The highest BCUT2D eigenvalue weighted by Gasteiger charge is 2.13. The minimum absolute atomic E-state index is 0.551. The van der Waals surface area contributed by atoms with Gasteiger partial charge in [0.05, 0.1) is 5.75 Å². The van der Waals surface area contributed by atoms with E-state index in [1.807, 2.05) is 31.2 Å². The van der Waals surface area contributed by atoms with E-state index in [1.165, 1.54) is 5.56 Å². The Bertz CT molecular complexity index is 795. The van der Waals surface area contributed by atoms with Gasteiger partial charge in [0.2, 0.25) is 11.8 Å². The van der Waals surface area contributed by atoms with Crippen LogP contribution < -0.4 is 0 Å². The van der Waals surface area contributed by atoms with E-state index in [9.17, 15) is 0 Å². The van der Waals surface area contributed by atoms with E-state index < -0.39 is 0 Å². The summed E-state index contributed by atoms with van der Waals surface area (Å²) in [5.74, 6) is 2.73. The molecule has 2 aromatic heterocycles. The molecule has 0 saturated heterocycles. The van der Waals surface area contributed by atoms with Gasteiger partial charge in [-0.3, -0.25) is 0 Å². The van der Waals surface area contributed by atoms with Gasteiger partial charge in [-0.2, -0.15) is 0 Å². The Kier molecular flexibility index (Phi) is 4.76. The van der Waals surface area contributed by atoms with E-state index in [2.05, 4.69) is 38.8 Å². The lowest BCUT2D eigenvalue weighted by Crippen LogP contribution is -2.02. The molecule has 0 bridgehead atoms. The zero-order valence-corrected chi connectivity index (χ0v) is 14.3. The van der Waals surface area contributed by atoms with Gasteiger partial charge in [-0.25, -0.2) is 0 Å². The first-order valence-electron chi connectivity index (χ1n) is 7.65. The van der Waals surface area contributed by atoms with E-state index in [0.717, 1.165) is 29.5 Å². The second kappa shape index (κ2) is 6.95. The van der Waals surface area contributed by atoms with Gasteiger partial charge in [0.15, 0.2) is 5.16 Å². The fourth-order valence-electron chi connectivity index (χ4n) is 2.34. The van der Waals surface area contributed by atoms with Crippen molar-refractivity contribution in [2.75, 3.05) is 0 Å². The van der Waals surface area contributed by atoms with E-state index in [0.29, 0.717) is 17.5 Å². The van der Waals surface area contributed by atoms with Crippen LogP contribution in [-0.2, 0) is 18.7 Å². The van der Waals surface area contributed by atoms with E-state index in [1.54, 1.807) is 11.8 Å². The van der Waals surface area contributed by atoms with Gasteiger partial charge >= 0.3 is 0 Å². The number of thioether (sulfide) groups is 1. The normalized spacial score (nSPS) is 11.1. The maximum absolute atomic E-state index is 5.75. The van der Waals surface area contributed by atoms with Crippen LogP contribution in [0, 0.1) is 6.92 Å². The Morgan fingerprint density at radius 1 is 1.13 bits per heavy atom. The van der Waals surface area contributed by atoms with Crippen LogP contribution in [0.3, 0.4) is 0 Å². The zero-order valence-electron chi connectivity index (χ0n) is 13.5. The van der Waals surface area contributed by atoms with Crippen LogP contribution >= 0.6 is 11.8 Å². The standard InChI is InChI=1S/C16H19N5OS/c1-4-13-17-20-16(21(13)5-2)23-10-14-18-19-15(22-14)12-8-6-7-11(3)9-12/h6-9H,4-5,10H2,1-3H3. The van der Waals surface area contributed by atoms with E-state index in [4.69, 9.17) is 4.42 Å². The second-order valence-corrected chi connectivity index (χ2v) is 6.10. The van der Waals surface area contributed by atoms with Crippen molar-refractivity contribution in [2.24, 2.45) is 0 Å². The molecular formula is C16H19N5OS. The summed E-state index contributed by atoms with van der Waals surface area (Å²) >= 11 is 1.57. The lowest BCUT2D eigenvalue weighted by molar-refractivity contribution is 0.528. The largest absolute Gasteiger partial charge is 0.420 e. The lowest BCUT2D eigenvalue weighted by Gasteiger charge is -2.04. The minimum atomic E-state index is 0.551. The highest BCUT2D eigenvalue weighted by molar-refractivity contribution is 7.98.